The zero-order chi connectivity index (χ0) is 19.8. The molecular formula is C20H32N6O2. The second kappa shape index (κ2) is 10.4. The summed E-state index contributed by atoms with van der Waals surface area (Å²) in [6, 6.07) is 4.01. The zero-order valence-electron chi connectivity index (χ0n) is 17.1. The van der Waals surface area contributed by atoms with Gasteiger partial charge in [-0.25, -0.2) is 4.99 Å². The van der Waals surface area contributed by atoms with E-state index in [1.165, 1.54) is 0 Å². The van der Waals surface area contributed by atoms with Gasteiger partial charge in [-0.05, 0) is 25.5 Å². The fourth-order valence-electron chi connectivity index (χ4n) is 3.48. The smallest absolute Gasteiger partial charge is 0.236 e. The Balaban J connectivity index is 1.51. The van der Waals surface area contributed by atoms with Gasteiger partial charge in [-0.3, -0.25) is 14.7 Å². The second-order valence-electron chi connectivity index (χ2n) is 7.19. The highest BCUT2D eigenvalue weighted by Crippen LogP contribution is 2.08. The number of guanidine groups is 1. The van der Waals surface area contributed by atoms with Gasteiger partial charge in [0, 0.05) is 52.0 Å². The fourth-order valence-corrected chi connectivity index (χ4v) is 3.48. The largest absolute Gasteiger partial charge is 0.378 e. The van der Waals surface area contributed by atoms with Crippen LogP contribution in [0.5, 0.6) is 0 Å². The average Bonchev–Trinajstić information content (AvgIpc) is 2.73. The van der Waals surface area contributed by atoms with Gasteiger partial charge in [0.05, 0.1) is 32.0 Å². The molecule has 2 saturated heterocycles. The summed E-state index contributed by atoms with van der Waals surface area (Å²) in [6.07, 6.45) is 1.81. The molecule has 2 aliphatic heterocycles. The molecule has 2 fully saturated rings. The van der Waals surface area contributed by atoms with Crippen molar-refractivity contribution in [2.75, 3.05) is 65.6 Å². The Bertz CT molecular complexity index is 666. The maximum Gasteiger partial charge on any atom is 0.236 e. The van der Waals surface area contributed by atoms with Gasteiger partial charge in [-0.2, -0.15) is 0 Å². The van der Waals surface area contributed by atoms with E-state index >= 15 is 0 Å². The number of pyridine rings is 1. The first-order chi connectivity index (χ1) is 13.7. The summed E-state index contributed by atoms with van der Waals surface area (Å²) in [5, 5.41) is 3.39. The Morgan fingerprint density at radius 3 is 2.61 bits per heavy atom. The lowest BCUT2D eigenvalue weighted by Crippen LogP contribution is -2.54. The maximum atomic E-state index is 12.4. The maximum absolute atomic E-state index is 12.4. The third-order valence-corrected chi connectivity index (χ3v) is 5.23. The van der Waals surface area contributed by atoms with Crippen LogP contribution in [0.2, 0.25) is 0 Å². The number of morpholine rings is 1. The van der Waals surface area contributed by atoms with Crippen LogP contribution in [0.15, 0.2) is 23.3 Å². The van der Waals surface area contributed by atoms with E-state index < -0.39 is 0 Å². The second-order valence-corrected chi connectivity index (χ2v) is 7.19. The average molecular weight is 389 g/mol. The Kier molecular flexibility index (Phi) is 7.62. The SMILES string of the molecule is CCNC(=NCc1ncccc1C)N1CCN(CC(=O)N2CCOCC2)CC1. The quantitative estimate of drug-likeness (QED) is 0.579. The highest BCUT2D eigenvalue weighted by molar-refractivity contribution is 5.80. The monoisotopic (exact) mass is 388 g/mol. The van der Waals surface area contributed by atoms with E-state index in [1.54, 1.807) is 0 Å². The summed E-state index contributed by atoms with van der Waals surface area (Å²) in [5.74, 6) is 1.13. The first kappa shape index (κ1) is 20.5. The van der Waals surface area contributed by atoms with Crippen LogP contribution < -0.4 is 5.32 Å². The van der Waals surface area contributed by atoms with Gasteiger partial charge in [0.25, 0.3) is 0 Å². The minimum atomic E-state index is 0.211. The molecule has 0 saturated carbocycles. The Morgan fingerprint density at radius 1 is 1.18 bits per heavy atom. The number of aliphatic imine (C=N–C) groups is 1. The predicted octanol–water partition coefficient (Wildman–Crippen LogP) is 0.332. The number of aryl methyl sites for hydroxylation is 1. The molecule has 0 aliphatic carbocycles. The molecule has 1 aromatic rings. The molecule has 0 bridgehead atoms. The van der Waals surface area contributed by atoms with Gasteiger partial charge in [0.15, 0.2) is 5.96 Å². The summed E-state index contributed by atoms with van der Waals surface area (Å²) in [5.41, 5.74) is 2.17. The third kappa shape index (κ3) is 5.65. The van der Waals surface area contributed by atoms with Crippen molar-refractivity contribution in [2.45, 2.75) is 20.4 Å². The number of nitrogens with one attached hydrogen (secondary N) is 1. The molecule has 3 rings (SSSR count). The molecule has 1 N–H and O–H groups in total. The number of piperazine rings is 1. The van der Waals surface area contributed by atoms with Crippen LogP contribution in [0, 0.1) is 6.92 Å². The molecule has 1 aromatic heterocycles. The molecule has 154 valence electrons. The number of rotatable bonds is 5. The summed E-state index contributed by atoms with van der Waals surface area (Å²) in [7, 11) is 0. The summed E-state index contributed by atoms with van der Waals surface area (Å²) >= 11 is 0. The van der Waals surface area contributed by atoms with Crippen LogP contribution in [0.1, 0.15) is 18.2 Å². The normalized spacial score (nSPS) is 19.0. The lowest BCUT2D eigenvalue weighted by molar-refractivity contribution is -0.136. The fraction of sp³-hybridized carbons (Fsp3) is 0.650. The van der Waals surface area contributed by atoms with Crippen molar-refractivity contribution in [1.82, 2.24) is 25.0 Å². The molecular weight excluding hydrogens is 356 g/mol. The van der Waals surface area contributed by atoms with Crippen molar-refractivity contribution in [3.05, 3.63) is 29.6 Å². The Morgan fingerprint density at radius 2 is 1.93 bits per heavy atom. The predicted molar refractivity (Wildman–Crippen MR) is 109 cm³/mol. The molecule has 0 unspecified atom stereocenters. The highest BCUT2D eigenvalue weighted by atomic mass is 16.5. The molecule has 8 heteroatoms. The highest BCUT2D eigenvalue weighted by Gasteiger charge is 2.24. The van der Waals surface area contributed by atoms with E-state index in [1.807, 2.05) is 17.2 Å². The van der Waals surface area contributed by atoms with E-state index in [0.29, 0.717) is 39.4 Å². The van der Waals surface area contributed by atoms with E-state index in [9.17, 15) is 4.79 Å². The number of amides is 1. The Hall–Kier alpha value is -2.19. The minimum absolute atomic E-state index is 0.211. The van der Waals surface area contributed by atoms with Crippen LogP contribution in [0.3, 0.4) is 0 Å². The number of ether oxygens (including phenoxy) is 1. The number of hydrogen-bond acceptors (Lipinski definition) is 5. The standard InChI is InChI=1S/C20H32N6O2/c1-3-21-20(23-15-18-17(2)5-4-6-22-18)26-9-7-24(8-10-26)16-19(27)25-11-13-28-14-12-25/h4-6H,3,7-16H2,1-2H3,(H,21,23). The third-order valence-electron chi connectivity index (χ3n) is 5.23. The van der Waals surface area contributed by atoms with E-state index in [-0.39, 0.29) is 5.91 Å². The Labute approximate surface area is 167 Å². The molecule has 0 atom stereocenters. The lowest BCUT2D eigenvalue weighted by Gasteiger charge is -2.37. The molecule has 2 aliphatic rings. The topological polar surface area (TPSA) is 73.3 Å². The lowest BCUT2D eigenvalue weighted by atomic mass is 10.2. The van der Waals surface area contributed by atoms with E-state index in [0.717, 1.165) is 49.9 Å². The van der Waals surface area contributed by atoms with Crippen molar-refractivity contribution in [3.8, 4) is 0 Å². The van der Waals surface area contributed by atoms with Crippen LogP contribution >= 0.6 is 0 Å². The molecule has 0 aromatic carbocycles. The van der Waals surface area contributed by atoms with Crippen molar-refractivity contribution in [3.63, 3.8) is 0 Å². The molecule has 28 heavy (non-hydrogen) atoms. The first-order valence-electron chi connectivity index (χ1n) is 10.2. The van der Waals surface area contributed by atoms with Crippen LogP contribution in [0.25, 0.3) is 0 Å². The van der Waals surface area contributed by atoms with Gasteiger partial charge >= 0.3 is 0 Å². The summed E-state index contributed by atoms with van der Waals surface area (Å²) < 4.78 is 5.33. The van der Waals surface area contributed by atoms with Gasteiger partial charge < -0.3 is 19.9 Å². The number of aromatic nitrogens is 1. The first-order valence-corrected chi connectivity index (χ1v) is 10.2. The van der Waals surface area contributed by atoms with Crippen molar-refractivity contribution in [2.24, 2.45) is 4.99 Å². The van der Waals surface area contributed by atoms with E-state index in [2.05, 4.69) is 40.0 Å². The zero-order valence-corrected chi connectivity index (χ0v) is 17.1. The van der Waals surface area contributed by atoms with Gasteiger partial charge in [0.2, 0.25) is 5.91 Å². The number of carbonyl (C=O) groups is 1. The molecule has 0 spiro atoms. The van der Waals surface area contributed by atoms with Crippen LogP contribution in [-0.4, -0.2) is 97.1 Å². The van der Waals surface area contributed by atoms with Gasteiger partial charge in [-0.15, -0.1) is 0 Å². The summed E-state index contributed by atoms with van der Waals surface area (Å²) in [6.45, 7) is 12.2. The molecule has 3 heterocycles. The number of hydrogen-bond donors (Lipinski definition) is 1. The van der Waals surface area contributed by atoms with Crippen molar-refractivity contribution >= 4 is 11.9 Å². The molecule has 0 radical (unpaired) electrons. The van der Waals surface area contributed by atoms with Crippen molar-refractivity contribution in [1.29, 1.82) is 0 Å². The molecule has 8 nitrogen and oxygen atoms in total. The number of carbonyl (C=O) groups excluding carboxylic acids is 1. The van der Waals surface area contributed by atoms with Gasteiger partial charge in [0.1, 0.15) is 0 Å². The minimum Gasteiger partial charge on any atom is -0.378 e. The van der Waals surface area contributed by atoms with E-state index in [4.69, 9.17) is 9.73 Å². The van der Waals surface area contributed by atoms with Crippen molar-refractivity contribution < 1.29 is 9.53 Å². The van der Waals surface area contributed by atoms with Crippen LogP contribution in [-0.2, 0) is 16.1 Å². The number of nitrogens with zero attached hydrogens (tertiary/aromatic N) is 5. The van der Waals surface area contributed by atoms with Crippen LogP contribution in [0.4, 0.5) is 0 Å². The molecule has 1 amide bonds. The van der Waals surface area contributed by atoms with Gasteiger partial charge in [-0.1, -0.05) is 6.07 Å². The summed E-state index contributed by atoms with van der Waals surface area (Å²) in [4.78, 5) is 28.1.